The lowest BCUT2D eigenvalue weighted by Gasteiger charge is -2.25. The van der Waals surface area contributed by atoms with Crippen molar-refractivity contribution in [2.24, 2.45) is 33.8 Å². The summed E-state index contributed by atoms with van der Waals surface area (Å²) in [5.74, 6) is -2.92. The van der Waals surface area contributed by atoms with E-state index in [0.29, 0.717) is 32.2 Å². The Morgan fingerprint density at radius 1 is 0.907 bits per heavy atom. The molecule has 238 valence electrons. The van der Waals surface area contributed by atoms with Crippen molar-refractivity contribution in [2.45, 2.75) is 83.0 Å². The smallest absolute Gasteiger partial charge is 0.326 e. The molecule has 0 fully saturated rings. The minimum Gasteiger partial charge on any atom is -0.480 e. The SMILES string of the molecule is CC(C)CC(N)C(=O)NC(CCCN=C(N)N)C(=O)NC(Cc1c[nH]c2ccccc12)C(=O)NC(CCCCN)C(=O)O. The van der Waals surface area contributed by atoms with E-state index in [2.05, 4.69) is 25.9 Å². The van der Waals surface area contributed by atoms with Crippen LogP contribution in [-0.2, 0) is 25.6 Å². The van der Waals surface area contributed by atoms with Gasteiger partial charge < -0.3 is 49.0 Å². The lowest BCUT2D eigenvalue weighted by atomic mass is 10.0. The first-order valence-corrected chi connectivity index (χ1v) is 14.6. The predicted octanol–water partition coefficient (Wildman–Crippen LogP) is -0.195. The number of carbonyl (C=O) groups is 4. The highest BCUT2D eigenvalue weighted by Gasteiger charge is 2.31. The van der Waals surface area contributed by atoms with Gasteiger partial charge >= 0.3 is 5.97 Å². The number of carbonyl (C=O) groups excluding carboxylic acids is 3. The molecule has 43 heavy (non-hydrogen) atoms. The summed E-state index contributed by atoms with van der Waals surface area (Å²) in [5.41, 5.74) is 24.0. The quantitative estimate of drug-likeness (QED) is 0.0586. The second-order valence-electron chi connectivity index (χ2n) is 11.1. The van der Waals surface area contributed by atoms with E-state index in [-0.39, 0.29) is 37.7 Å². The van der Waals surface area contributed by atoms with Gasteiger partial charge in [0, 0.05) is 30.1 Å². The second-order valence-corrected chi connectivity index (χ2v) is 11.1. The van der Waals surface area contributed by atoms with E-state index in [9.17, 15) is 24.3 Å². The van der Waals surface area contributed by atoms with Crippen LogP contribution in [0.1, 0.15) is 57.9 Å². The van der Waals surface area contributed by atoms with Gasteiger partial charge in [0.2, 0.25) is 17.7 Å². The number of nitrogens with one attached hydrogen (secondary N) is 4. The number of unbranched alkanes of at least 4 members (excludes halogenated alkanes) is 1. The topological polar surface area (TPSA) is 257 Å². The molecular weight excluding hydrogens is 554 g/mol. The maximum Gasteiger partial charge on any atom is 0.326 e. The van der Waals surface area contributed by atoms with Gasteiger partial charge in [-0.05, 0) is 62.6 Å². The molecule has 14 nitrogen and oxygen atoms in total. The molecular formula is C29H47N9O5. The maximum absolute atomic E-state index is 13.6. The van der Waals surface area contributed by atoms with Crippen molar-refractivity contribution < 1.29 is 24.3 Å². The summed E-state index contributed by atoms with van der Waals surface area (Å²) in [6.45, 7) is 4.49. The number of amides is 3. The fourth-order valence-electron chi connectivity index (χ4n) is 4.69. The van der Waals surface area contributed by atoms with E-state index in [1.807, 2.05) is 38.1 Å². The molecule has 0 bridgehead atoms. The van der Waals surface area contributed by atoms with Crippen molar-refractivity contribution in [1.29, 1.82) is 0 Å². The molecule has 1 heterocycles. The highest BCUT2D eigenvalue weighted by molar-refractivity contribution is 5.94. The molecule has 2 aromatic rings. The summed E-state index contributed by atoms with van der Waals surface area (Å²) in [4.78, 5) is 59.0. The number of fused-ring (bicyclic) bond motifs is 1. The fourth-order valence-corrected chi connectivity index (χ4v) is 4.69. The Morgan fingerprint density at radius 3 is 2.19 bits per heavy atom. The average molecular weight is 602 g/mol. The minimum atomic E-state index is -1.19. The zero-order valence-corrected chi connectivity index (χ0v) is 25.0. The normalized spacial score (nSPS) is 14.0. The van der Waals surface area contributed by atoms with Crippen LogP contribution in [0.4, 0.5) is 0 Å². The summed E-state index contributed by atoms with van der Waals surface area (Å²) in [6, 6.07) is 3.30. The van der Waals surface area contributed by atoms with Gasteiger partial charge in [-0.1, -0.05) is 32.0 Å². The molecule has 4 atom stereocenters. The number of guanidine groups is 1. The van der Waals surface area contributed by atoms with Crippen LogP contribution >= 0.6 is 0 Å². The van der Waals surface area contributed by atoms with Gasteiger partial charge in [-0.2, -0.15) is 0 Å². The second kappa shape index (κ2) is 17.7. The van der Waals surface area contributed by atoms with Crippen LogP contribution < -0.4 is 38.9 Å². The summed E-state index contributed by atoms with van der Waals surface area (Å²) < 4.78 is 0. The molecule has 1 aromatic heterocycles. The number of benzene rings is 1. The van der Waals surface area contributed by atoms with Crippen molar-refractivity contribution in [3.8, 4) is 0 Å². The van der Waals surface area contributed by atoms with E-state index in [4.69, 9.17) is 22.9 Å². The summed E-state index contributed by atoms with van der Waals surface area (Å²) in [5, 5.41) is 18.6. The number of para-hydroxylation sites is 1. The Hall–Kier alpha value is -4.17. The Balaban J connectivity index is 2.32. The van der Waals surface area contributed by atoms with Crippen LogP contribution in [-0.4, -0.2) is 77.0 Å². The zero-order valence-electron chi connectivity index (χ0n) is 25.0. The Morgan fingerprint density at radius 2 is 1.53 bits per heavy atom. The summed E-state index contributed by atoms with van der Waals surface area (Å²) in [6.07, 6.45) is 4.05. The highest BCUT2D eigenvalue weighted by Crippen LogP contribution is 2.19. The number of hydrogen-bond acceptors (Lipinski definition) is 7. The fraction of sp³-hybridized carbons (Fsp3) is 0.552. The lowest BCUT2D eigenvalue weighted by molar-refractivity contribution is -0.142. The van der Waals surface area contributed by atoms with Gasteiger partial charge in [0.05, 0.1) is 6.04 Å². The molecule has 0 saturated carbocycles. The first-order chi connectivity index (χ1) is 20.4. The summed E-state index contributed by atoms with van der Waals surface area (Å²) in [7, 11) is 0. The molecule has 13 N–H and O–H groups in total. The number of H-pyrrole nitrogens is 1. The molecule has 14 heteroatoms. The van der Waals surface area contributed by atoms with Crippen LogP contribution in [0.5, 0.6) is 0 Å². The third kappa shape index (κ3) is 11.9. The number of rotatable bonds is 19. The van der Waals surface area contributed by atoms with Crippen LogP contribution in [0.3, 0.4) is 0 Å². The number of hydrogen-bond donors (Lipinski definition) is 9. The standard InChI is InChI=1S/C29H47N9O5/c1-17(2)14-20(31)25(39)36-22(11-7-13-34-29(32)33)26(40)38-24(15-18-16-35-21-9-4-3-8-19(18)21)27(41)37-23(28(42)43)10-5-6-12-30/h3-4,8-9,16-17,20,22-24,35H,5-7,10-15,30-31H2,1-2H3,(H,36,39)(H,37,41)(H,38,40)(H,42,43)(H4,32,33,34). The van der Waals surface area contributed by atoms with Crippen LogP contribution in [0, 0.1) is 5.92 Å². The molecule has 2 rings (SSSR count). The number of carboxylic acid groups (broad SMARTS) is 1. The van der Waals surface area contributed by atoms with E-state index in [1.165, 1.54) is 0 Å². The van der Waals surface area contributed by atoms with E-state index in [0.717, 1.165) is 16.5 Å². The first kappa shape index (κ1) is 35.0. The van der Waals surface area contributed by atoms with Crippen LogP contribution in [0.2, 0.25) is 0 Å². The molecule has 0 radical (unpaired) electrons. The molecule has 0 aliphatic rings. The number of nitrogens with two attached hydrogens (primary N) is 4. The first-order valence-electron chi connectivity index (χ1n) is 14.6. The lowest BCUT2D eigenvalue weighted by Crippen LogP contribution is -2.57. The molecule has 4 unspecified atom stereocenters. The molecule has 3 amide bonds. The van der Waals surface area contributed by atoms with Gasteiger partial charge in [-0.15, -0.1) is 0 Å². The van der Waals surface area contributed by atoms with Crippen molar-refractivity contribution in [3.63, 3.8) is 0 Å². The Labute approximate surface area is 251 Å². The molecule has 1 aromatic carbocycles. The monoisotopic (exact) mass is 601 g/mol. The molecule has 0 spiro atoms. The predicted molar refractivity (Wildman–Crippen MR) is 166 cm³/mol. The number of aliphatic imine (C=N–C) groups is 1. The van der Waals surface area contributed by atoms with E-state index < -0.39 is 47.9 Å². The van der Waals surface area contributed by atoms with Crippen LogP contribution in [0.15, 0.2) is 35.5 Å². The number of aromatic amines is 1. The average Bonchev–Trinajstić information content (AvgIpc) is 3.35. The molecule has 0 aliphatic heterocycles. The number of nitrogens with zero attached hydrogens (tertiary/aromatic N) is 1. The molecule has 0 saturated heterocycles. The van der Waals surface area contributed by atoms with Crippen molar-refractivity contribution in [1.82, 2.24) is 20.9 Å². The summed E-state index contributed by atoms with van der Waals surface area (Å²) >= 11 is 0. The maximum atomic E-state index is 13.6. The Kier molecular flexibility index (Phi) is 14.4. The third-order valence-electron chi connectivity index (χ3n) is 6.93. The van der Waals surface area contributed by atoms with Gasteiger partial charge in [-0.3, -0.25) is 19.4 Å². The van der Waals surface area contributed by atoms with Gasteiger partial charge in [0.15, 0.2) is 5.96 Å². The molecule has 0 aliphatic carbocycles. The van der Waals surface area contributed by atoms with Crippen molar-refractivity contribution >= 4 is 40.6 Å². The number of aliphatic carboxylic acids is 1. The largest absolute Gasteiger partial charge is 0.480 e. The zero-order chi connectivity index (χ0) is 31.9. The van der Waals surface area contributed by atoms with Gasteiger partial charge in [0.25, 0.3) is 0 Å². The van der Waals surface area contributed by atoms with E-state index in [1.54, 1.807) is 6.20 Å². The third-order valence-corrected chi connectivity index (χ3v) is 6.93. The minimum absolute atomic E-state index is 0.0677. The Bertz CT molecular complexity index is 1240. The van der Waals surface area contributed by atoms with Gasteiger partial charge in [-0.25, -0.2) is 4.79 Å². The van der Waals surface area contributed by atoms with E-state index >= 15 is 0 Å². The van der Waals surface area contributed by atoms with Crippen molar-refractivity contribution in [2.75, 3.05) is 13.1 Å². The highest BCUT2D eigenvalue weighted by atomic mass is 16.4. The number of carboxylic acids is 1. The number of aromatic nitrogens is 1. The van der Waals surface area contributed by atoms with Crippen molar-refractivity contribution in [3.05, 3.63) is 36.0 Å². The van der Waals surface area contributed by atoms with Gasteiger partial charge in [0.1, 0.15) is 18.1 Å². The van der Waals surface area contributed by atoms with Crippen LogP contribution in [0.25, 0.3) is 10.9 Å².